The predicted molar refractivity (Wildman–Crippen MR) is 34.0 cm³/mol. The van der Waals surface area contributed by atoms with Crippen LogP contribution >= 0.6 is 0 Å². The van der Waals surface area contributed by atoms with Crippen molar-refractivity contribution in [1.82, 2.24) is 5.32 Å². The number of nitrogens with one attached hydrogen (secondary N) is 1. The second kappa shape index (κ2) is 2.64. The van der Waals surface area contributed by atoms with E-state index in [4.69, 9.17) is 10.2 Å². The lowest BCUT2D eigenvalue weighted by atomic mass is 9.96. The molecule has 3 nitrogen and oxygen atoms in total. The summed E-state index contributed by atoms with van der Waals surface area (Å²) in [5, 5.41) is 21.2. The molecule has 1 fully saturated rings. The molecule has 1 saturated heterocycles. The van der Waals surface area contributed by atoms with E-state index in [0.717, 1.165) is 6.54 Å². The van der Waals surface area contributed by atoms with E-state index in [1.54, 1.807) is 0 Å². The summed E-state index contributed by atoms with van der Waals surface area (Å²) >= 11 is 0. The molecule has 0 aromatic carbocycles. The molecule has 0 aromatic heterocycles. The van der Waals surface area contributed by atoms with Crippen molar-refractivity contribution in [2.24, 2.45) is 5.92 Å². The normalized spacial score (nSPS) is 45.0. The van der Waals surface area contributed by atoms with E-state index in [-0.39, 0.29) is 5.92 Å². The Kier molecular flexibility index (Phi) is 2.05. The Hall–Kier alpha value is -0.120. The Labute approximate surface area is 54.7 Å². The number of rotatable bonds is 0. The maximum Gasteiger partial charge on any atom is 0.0926 e. The van der Waals surface area contributed by atoms with Gasteiger partial charge < -0.3 is 15.5 Å². The Bertz CT molecular complexity index is 87.1. The summed E-state index contributed by atoms with van der Waals surface area (Å²) in [5.41, 5.74) is 0. The second-order valence-corrected chi connectivity index (χ2v) is 2.69. The van der Waals surface area contributed by atoms with Crippen molar-refractivity contribution < 1.29 is 10.2 Å². The fraction of sp³-hybridized carbons (Fsp3) is 1.00. The van der Waals surface area contributed by atoms with Crippen molar-refractivity contribution >= 4 is 0 Å². The number of β-amino-alcohol motifs (C(OH)–C–C–N with tert-alkyl or cyclic N) is 1. The number of hydrogen-bond acceptors (Lipinski definition) is 3. The summed E-state index contributed by atoms with van der Waals surface area (Å²) < 4.78 is 0. The van der Waals surface area contributed by atoms with Crippen molar-refractivity contribution in [1.29, 1.82) is 0 Å². The highest BCUT2D eigenvalue weighted by Gasteiger charge is 2.26. The highest BCUT2D eigenvalue weighted by molar-refractivity contribution is 4.81. The zero-order valence-electron chi connectivity index (χ0n) is 5.54. The summed E-state index contributed by atoms with van der Waals surface area (Å²) in [6.07, 6.45) is -1.11. The van der Waals surface area contributed by atoms with Gasteiger partial charge in [-0.15, -0.1) is 0 Å². The van der Waals surface area contributed by atoms with E-state index in [2.05, 4.69) is 5.32 Å². The average Bonchev–Trinajstić information content (AvgIpc) is 1.83. The van der Waals surface area contributed by atoms with Crippen LogP contribution in [0.5, 0.6) is 0 Å². The van der Waals surface area contributed by atoms with Crippen molar-refractivity contribution in [3.63, 3.8) is 0 Å². The first-order valence-corrected chi connectivity index (χ1v) is 3.28. The van der Waals surface area contributed by atoms with E-state index < -0.39 is 12.2 Å². The minimum absolute atomic E-state index is 0.175. The lowest BCUT2D eigenvalue weighted by molar-refractivity contribution is -0.0295. The molecular formula is C6H13NO2. The van der Waals surface area contributed by atoms with Gasteiger partial charge in [-0.3, -0.25) is 0 Å². The predicted octanol–water partition coefficient (Wildman–Crippen LogP) is -1.05. The summed E-state index contributed by atoms with van der Waals surface area (Å²) in [5.74, 6) is 0.175. The number of hydrogen-bond donors (Lipinski definition) is 3. The van der Waals surface area contributed by atoms with Crippen molar-refractivity contribution in [2.45, 2.75) is 19.1 Å². The van der Waals surface area contributed by atoms with Crippen LogP contribution in [0.25, 0.3) is 0 Å². The molecule has 9 heavy (non-hydrogen) atoms. The molecule has 0 spiro atoms. The minimum atomic E-state index is -0.575. The molecule has 0 amide bonds. The zero-order valence-corrected chi connectivity index (χ0v) is 5.54. The van der Waals surface area contributed by atoms with Crippen LogP contribution in [0.15, 0.2) is 0 Å². The first-order valence-electron chi connectivity index (χ1n) is 3.28. The largest absolute Gasteiger partial charge is 0.390 e. The number of piperidine rings is 1. The summed E-state index contributed by atoms with van der Waals surface area (Å²) in [7, 11) is 0. The molecule has 3 atom stereocenters. The van der Waals surface area contributed by atoms with Crippen LogP contribution in [-0.2, 0) is 0 Å². The molecule has 3 heteroatoms. The van der Waals surface area contributed by atoms with Gasteiger partial charge in [-0.2, -0.15) is 0 Å². The molecular weight excluding hydrogens is 118 g/mol. The molecule has 0 saturated carbocycles. The molecule has 0 aromatic rings. The van der Waals surface area contributed by atoms with Gasteiger partial charge >= 0.3 is 0 Å². The quantitative estimate of drug-likeness (QED) is 0.393. The van der Waals surface area contributed by atoms with Crippen LogP contribution < -0.4 is 5.32 Å². The van der Waals surface area contributed by atoms with Gasteiger partial charge in [0.25, 0.3) is 0 Å². The van der Waals surface area contributed by atoms with Crippen LogP contribution in [-0.4, -0.2) is 35.5 Å². The fourth-order valence-electron chi connectivity index (χ4n) is 1.08. The number of aliphatic hydroxyl groups is 2. The standard InChI is InChI=1S/C6H13NO2/c1-4-2-7-3-5(8)6(4)9/h4-9H,2-3H2,1H3/t4-,5-,6-/m0/s1. The average molecular weight is 131 g/mol. The molecule has 3 N–H and O–H groups in total. The maximum atomic E-state index is 9.16. The second-order valence-electron chi connectivity index (χ2n) is 2.69. The molecule has 1 aliphatic heterocycles. The van der Waals surface area contributed by atoms with Gasteiger partial charge in [0.1, 0.15) is 0 Å². The first kappa shape index (κ1) is 6.99. The van der Waals surface area contributed by atoms with Gasteiger partial charge in [-0.25, -0.2) is 0 Å². The third kappa shape index (κ3) is 1.41. The van der Waals surface area contributed by atoms with Crippen molar-refractivity contribution in [3.05, 3.63) is 0 Å². The fourth-order valence-corrected chi connectivity index (χ4v) is 1.08. The van der Waals surface area contributed by atoms with Gasteiger partial charge in [0.05, 0.1) is 12.2 Å². The lowest BCUT2D eigenvalue weighted by Crippen LogP contribution is -2.49. The Morgan fingerprint density at radius 3 is 2.44 bits per heavy atom. The lowest BCUT2D eigenvalue weighted by Gasteiger charge is -2.29. The van der Waals surface area contributed by atoms with Crippen LogP contribution in [0.2, 0.25) is 0 Å². The minimum Gasteiger partial charge on any atom is -0.390 e. The molecule has 54 valence electrons. The summed E-state index contributed by atoms with van der Waals surface area (Å²) in [6.45, 7) is 3.24. The van der Waals surface area contributed by atoms with Crippen LogP contribution in [0.3, 0.4) is 0 Å². The Morgan fingerprint density at radius 1 is 1.33 bits per heavy atom. The van der Waals surface area contributed by atoms with E-state index >= 15 is 0 Å². The Balaban J connectivity index is 2.41. The first-order chi connectivity index (χ1) is 4.22. The summed E-state index contributed by atoms with van der Waals surface area (Å²) in [6, 6.07) is 0. The van der Waals surface area contributed by atoms with Gasteiger partial charge in [0, 0.05) is 13.1 Å². The molecule has 0 radical (unpaired) electrons. The third-order valence-corrected chi connectivity index (χ3v) is 1.80. The molecule has 0 unspecified atom stereocenters. The SMILES string of the molecule is C[C@H]1CNC[C@H](O)[C@H]1O. The van der Waals surface area contributed by atoms with Crippen molar-refractivity contribution in [2.75, 3.05) is 13.1 Å². The smallest absolute Gasteiger partial charge is 0.0926 e. The highest BCUT2D eigenvalue weighted by Crippen LogP contribution is 2.09. The maximum absolute atomic E-state index is 9.16. The molecule has 1 aliphatic rings. The number of aliphatic hydroxyl groups excluding tert-OH is 2. The van der Waals surface area contributed by atoms with Crippen LogP contribution in [0.4, 0.5) is 0 Å². The molecule has 1 heterocycles. The third-order valence-electron chi connectivity index (χ3n) is 1.80. The molecule has 0 bridgehead atoms. The monoisotopic (exact) mass is 131 g/mol. The summed E-state index contributed by atoms with van der Waals surface area (Å²) in [4.78, 5) is 0. The van der Waals surface area contributed by atoms with E-state index in [9.17, 15) is 0 Å². The van der Waals surface area contributed by atoms with Gasteiger partial charge in [0.2, 0.25) is 0 Å². The van der Waals surface area contributed by atoms with Gasteiger partial charge in [-0.1, -0.05) is 6.92 Å². The molecule has 1 rings (SSSR count). The van der Waals surface area contributed by atoms with Crippen LogP contribution in [0, 0.1) is 5.92 Å². The van der Waals surface area contributed by atoms with Gasteiger partial charge in [-0.05, 0) is 5.92 Å². The van der Waals surface area contributed by atoms with E-state index in [1.165, 1.54) is 0 Å². The Morgan fingerprint density at radius 2 is 2.00 bits per heavy atom. The van der Waals surface area contributed by atoms with Crippen LogP contribution in [0.1, 0.15) is 6.92 Å². The zero-order chi connectivity index (χ0) is 6.85. The van der Waals surface area contributed by atoms with E-state index in [0.29, 0.717) is 6.54 Å². The van der Waals surface area contributed by atoms with E-state index in [1.807, 2.05) is 6.92 Å². The molecule has 0 aliphatic carbocycles. The van der Waals surface area contributed by atoms with Crippen molar-refractivity contribution in [3.8, 4) is 0 Å². The topological polar surface area (TPSA) is 52.5 Å². The highest BCUT2D eigenvalue weighted by atomic mass is 16.3. The van der Waals surface area contributed by atoms with Gasteiger partial charge in [0.15, 0.2) is 0 Å².